The first-order chi connectivity index (χ1) is 10.5. The van der Waals surface area contributed by atoms with E-state index in [1.165, 1.54) is 6.92 Å². The van der Waals surface area contributed by atoms with Crippen molar-refractivity contribution in [3.8, 4) is 11.5 Å². The maximum atomic E-state index is 11.0. The van der Waals surface area contributed by atoms with Gasteiger partial charge in [-0.25, -0.2) is 4.98 Å². The van der Waals surface area contributed by atoms with Crippen LogP contribution in [0.5, 0.6) is 11.5 Å². The Balaban J connectivity index is 2.25. The molecule has 1 amide bonds. The number of amides is 1. The smallest absolute Gasteiger partial charge is 0.231 e. The Morgan fingerprint density at radius 1 is 1.27 bits per heavy atom. The number of hydrogen-bond donors (Lipinski definition) is 2. The van der Waals surface area contributed by atoms with E-state index >= 15 is 0 Å². The van der Waals surface area contributed by atoms with Crippen LogP contribution in [0.3, 0.4) is 0 Å². The average Bonchev–Trinajstić information content (AvgIpc) is 2.49. The van der Waals surface area contributed by atoms with Crippen molar-refractivity contribution in [3.63, 3.8) is 0 Å². The molecule has 7 heteroatoms. The zero-order chi connectivity index (χ0) is 16.1. The molecule has 0 bridgehead atoms. The van der Waals surface area contributed by atoms with Crippen LogP contribution in [0, 0.1) is 0 Å². The second-order valence-corrected chi connectivity index (χ2v) is 4.64. The molecule has 0 saturated carbocycles. The van der Waals surface area contributed by atoms with E-state index in [1.807, 2.05) is 12.1 Å². The van der Waals surface area contributed by atoms with Crippen LogP contribution in [0.2, 0.25) is 0 Å². The third kappa shape index (κ3) is 3.63. The van der Waals surface area contributed by atoms with E-state index in [9.17, 15) is 4.79 Å². The van der Waals surface area contributed by atoms with Crippen LogP contribution < -0.4 is 20.5 Å². The van der Waals surface area contributed by atoms with Gasteiger partial charge in [-0.2, -0.15) is 4.98 Å². The third-order valence-corrected chi connectivity index (χ3v) is 3.06. The van der Waals surface area contributed by atoms with Gasteiger partial charge in [0.25, 0.3) is 0 Å². The molecule has 0 unspecified atom stereocenters. The molecule has 1 aromatic carbocycles. The lowest BCUT2D eigenvalue weighted by molar-refractivity contribution is -0.114. The van der Waals surface area contributed by atoms with E-state index in [2.05, 4.69) is 15.3 Å². The van der Waals surface area contributed by atoms with Crippen LogP contribution >= 0.6 is 0 Å². The summed E-state index contributed by atoms with van der Waals surface area (Å²) in [5.74, 6) is 1.67. The lowest BCUT2D eigenvalue weighted by Crippen LogP contribution is -2.11. The molecule has 22 heavy (non-hydrogen) atoms. The van der Waals surface area contributed by atoms with Crippen molar-refractivity contribution in [2.24, 2.45) is 0 Å². The van der Waals surface area contributed by atoms with Crippen molar-refractivity contribution in [1.82, 2.24) is 9.97 Å². The summed E-state index contributed by atoms with van der Waals surface area (Å²) in [7, 11) is 3.19. The number of aromatic nitrogens is 2. The molecule has 2 aromatic rings. The fraction of sp³-hybridized carbons (Fsp3) is 0.267. The summed E-state index contributed by atoms with van der Waals surface area (Å²) in [5.41, 5.74) is 7.61. The molecule has 0 atom stereocenters. The standard InChI is InChI=1S/C15H18N4O3/c1-9(20)18-15-17-8-11(14(16)19-15)6-10-4-5-12(21-2)7-13(10)22-3/h4-5,7-8H,6H2,1-3H3,(H3,16,17,18,19,20). The average molecular weight is 302 g/mol. The van der Waals surface area contributed by atoms with Gasteiger partial charge in [0.1, 0.15) is 17.3 Å². The van der Waals surface area contributed by atoms with Crippen molar-refractivity contribution in [2.45, 2.75) is 13.3 Å². The molecule has 3 N–H and O–H groups in total. The quantitative estimate of drug-likeness (QED) is 0.870. The van der Waals surface area contributed by atoms with Gasteiger partial charge in [0, 0.05) is 31.2 Å². The van der Waals surface area contributed by atoms with Gasteiger partial charge in [0.15, 0.2) is 0 Å². The number of hydrogen-bond acceptors (Lipinski definition) is 6. The van der Waals surface area contributed by atoms with Crippen molar-refractivity contribution in [3.05, 3.63) is 35.5 Å². The molecule has 0 aliphatic rings. The van der Waals surface area contributed by atoms with Gasteiger partial charge in [-0.1, -0.05) is 6.07 Å². The van der Waals surface area contributed by atoms with E-state index in [1.54, 1.807) is 26.5 Å². The summed E-state index contributed by atoms with van der Waals surface area (Å²) < 4.78 is 10.5. The number of rotatable bonds is 5. The van der Waals surface area contributed by atoms with E-state index in [0.29, 0.717) is 23.7 Å². The fourth-order valence-corrected chi connectivity index (χ4v) is 1.98. The number of carbonyl (C=O) groups is 1. The summed E-state index contributed by atoms with van der Waals surface area (Å²) in [6.07, 6.45) is 2.11. The Morgan fingerprint density at radius 3 is 2.64 bits per heavy atom. The van der Waals surface area contributed by atoms with Crippen LogP contribution in [0.1, 0.15) is 18.1 Å². The molecule has 0 fully saturated rings. The first-order valence-electron chi connectivity index (χ1n) is 6.63. The summed E-state index contributed by atoms with van der Waals surface area (Å²) in [6, 6.07) is 5.55. The van der Waals surface area contributed by atoms with Crippen molar-refractivity contribution in [2.75, 3.05) is 25.3 Å². The van der Waals surface area contributed by atoms with Crippen molar-refractivity contribution in [1.29, 1.82) is 0 Å². The third-order valence-electron chi connectivity index (χ3n) is 3.06. The summed E-state index contributed by atoms with van der Waals surface area (Å²) in [5, 5.41) is 2.49. The molecule has 0 radical (unpaired) electrons. The maximum Gasteiger partial charge on any atom is 0.231 e. The van der Waals surface area contributed by atoms with Gasteiger partial charge in [0.2, 0.25) is 11.9 Å². The Labute approximate surface area is 128 Å². The zero-order valence-electron chi connectivity index (χ0n) is 12.7. The second kappa shape index (κ2) is 6.75. The summed E-state index contributed by atoms with van der Waals surface area (Å²) in [6.45, 7) is 1.38. The monoisotopic (exact) mass is 302 g/mol. The lowest BCUT2D eigenvalue weighted by Gasteiger charge is -2.11. The summed E-state index contributed by atoms with van der Waals surface area (Å²) >= 11 is 0. The molecule has 2 rings (SSSR count). The highest BCUT2D eigenvalue weighted by Gasteiger charge is 2.10. The number of methoxy groups -OCH3 is 2. The molecule has 0 spiro atoms. The van der Waals surface area contributed by atoms with Gasteiger partial charge < -0.3 is 15.2 Å². The predicted molar refractivity (Wildman–Crippen MR) is 83.1 cm³/mol. The zero-order valence-corrected chi connectivity index (χ0v) is 12.7. The number of nitrogens with two attached hydrogens (primary N) is 1. The van der Waals surface area contributed by atoms with Crippen LogP contribution in [0.15, 0.2) is 24.4 Å². The highest BCUT2D eigenvalue weighted by Crippen LogP contribution is 2.27. The molecular weight excluding hydrogens is 284 g/mol. The highest BCUT2D eigenvalue weighted by atomic mass is 16.5. The van der Waals surface area contributed by atoms with Gasteiger partial charge in [-0.15, -0.1) is 0 Å². The normalized spacial score (nSPS) is 10.1. The molecule has 7 nitrogen and oxygen atoms in total. The number of benzene rings is 1. The Morgan fingerprint density at radius 2 is 2.05 bits per heavy atom. The van der Waals surface area contributed by atoms with Gasteiger partial charge in [0.05, 0.1) is 14.2 Å². The number of ether oxygens (including phenoxy) is 2. The van der Waals surface area contributed by atoms with E-state index in [4.69, 9.17) is 15.2 Å². The first kappa shape index (κ1) is 15.6. The van der Waals surface area contributed by atoms with Gasteiger partial charge >= 0.3 is 0 Å². The topological polar surface area (TPSA) is 99.4 Å². The highest BCUT2D eigenvalue weighted by molar-refractivity contribution is 5.86. The van der Waals surface area contributed by atoms with Crippen LogP contribution in [0.25, 0.3) is 0 Å². The lowest BCUT2D eigenvalue weighted by atomic mass is 10.1. The first-order valence-corrected chi connectivity index (χ1v) is 6.63. The Kier molecular flexibility index (Phi) is 4.77. The Bertz CT molecular complexity index is 688. The number of anilines is 2. The van der Waals surface area contributed by atoms with Crippen LogP contribution in [0.4, 0.5) is 11.8 Å². The van der Waals surface area contributed by atoms with E-state index in [-0.39, 0.29) is 11.9 Å². The molecule has 0 aliphatic carbocycles. The largest absolute Gasteiger partial charge is 0.497 e. The minimum Gasteiger partial charge on any atom is -0.497 e. The molecule has 0 aliphatic heterocycles. The van der Waals surface area contributed by atoms with Crippen molar-refractivity contribution >= 4 is 17.7 Å². The second-order valence-electron chi connectivity index (χ2n) is 4.64. The Hall–Kier alpha value is -2.83. The fourth-order valence-electron chi connectivity index (χ4n) is 1.98. The molecule has 116 valence electrons. The minimum absolute atomic E-state index is 0.190. The molecular formula is C15H18N4O3. The van der Waals surface area contributed by atoms with Crippen LogP contribution in [-0.2, 0) is 11.2 Å². The number of nitrogens with one attached hydrogen (secondary N) is 1. The maximum absolute atomic E-state index is 11.0. The molecule has 1 heterocycles. The van der Waals surface area contributed by atoms with Crippen LogP contribution in [-0.4, -0.2) is 30.1 Å². The number of nitrogen functional groups attached to an aromatic ring is 1. The number of nitrogens with zero attached hydrogens (tertiary/aromatic N) is 2. The SMILES string of the molecule is COc1ccc(Cc2cnc(NC(C)=O)nc2N)c(OC)c1. The van der Waals surface area contributed by atoms with E-state index in [0.717, 1.165) is 11.1 Å². The molecule has 0 saturated heterocycles. The number of carbonyl (C=O) groups excluding carboxylic acids is 1. The molecule has 1 aromatic heterocycles. The summed E-state index contributed by atoms with van der Waals surface area (Å²) in [4.78, 5) is 19.1. The predicted octanol–water partition coefficient (Wildman–Crippen LogP) is 1.63. The van der Waals surface area contributed by atoms with Crippen molar-refractivity contribution < 1.29 is 14.3 Å². The minimum atomic E-state index is -0.246. The van der Waals surface area contributed by atoms with Gasteiger partial charge in [-0.3, -0.25) is 10.1 Å². The van der Waals surface area contributed by atoms with Gasteiger partial charge in [-0.05, 0) is 11.6 Å². The van der Waals surface area contributed by atoms with E-state index < -0.39 is 0 Å².